The van der Waals surface area contributed by atoms with Crippen molar-refractivity contribution in [3.8, 4) is 0 Å². The minimum Gasteiger partial charge on any atom is -0.451 e. The molecular formula is C22H27N3O6S. The SMILES string of the molecule is CC(C)NS(=O)(=O)c1ccc(NC(=O)C(C)OC(=O)[C@H](C)NC(=O)c2ccccc2)cc1. The fraction of sp³-hybridized carbons (Fsp3) is 0.318. The van der Waals surface area contributed by atoms with Gasteiger partial charge >= 0.3 is 5.97 Å². The number of nitrogens with one attached hydrogen (secondary N) is 3. The number of anilines is 1. The van der Waals surface area contributed by atoms with E-state index in [-0.39, 0.29) is 10.9 Å². The van der Waals surface area contributed by atoms with Gasteiger partial charge in [0, 0.05) is 17.3 Å². The normalized spacial score (nSPS) is 13.2. The number of ether oxygens (including phenoxy) is 1. The van der Waals surface area contributed by atoms with Crippen molar-refractivity contribution in [1.82, 2.24) is 10.0 Å². The molecule has 3 N–H and O–H groups in total. The fourth-order valence-electron chi connectivity index (χ4n) is 2.60. The van der Waals surface area contributed by atoms with Crippen molar-refractivity contribution >= 4 is 33.5 Å². The Balaban J connectivity index is 1.90. The Morgan fingerprint density at radius 3 is 2.03 bits per heavy atom. The number of esters is 1. The highest BCUT2D eigenvalue weighted by Crippen LogP contribution is 2.15. The number of hydrogen-bond donors (Lipinski definition) is 3. The summed E-state index contributed by atoms with van der Waals surface area (Å²) >= 11 is 0. The number of carbonyl (C=O) groups excluding carboxylic acids is 3. The van der Waals surface area contributed by atoms with E-state index >= 15 is 0 Å². The molecule has 2 rings (SSSR count). The van der Waals surface area contributed by atoms with Crippen LogP contribution >= 0.6 is 0 Å². The van der Waals surface area contributed by atoms with Crippen molar-refractivity contribution < 1.29 is 27.5 Å². The Morgan fingerprint density at radius 2 is 1.47 bits per heavy atom. The molecule has 0 aliphatic rings. The van der Waals surface area contributed by atoms with E-state index < -0.39 is 40.0 Å². The van der Waals surface area contributed by atoms with E-state index in [4.69, 9.17) is 4.74 Å². The summed E-state index contributed by atoms with van der Waals surface area (Å²) in [4.78, 5) is 36.8. The first kappa shape index (κ1) is 25.0. The lowest BCUT2D eigenvalue weighted by atomic mass is 10.2. The van der Waals surface area contributed by atoms with E-state index in [1.807, 2.05) is 0 Å². The molecule has 1 unspecified atom stereocenters. The maximum absolute atomic E-state index is 12.3. The Kier molecular flexibility index (Phi) is 8.50. The smallest absolute Gasteiger partial charge is 0.329 e. The number of hydrogen-bond acceptors (Lipinski definition) is 6. The minimum absolute atomic E-state index is 0.0617. The third kappa shape index (κ3) is 7.17. The van der Waals surface area contributed by atoms with Crippen molar-refractivity contribution in [3.05, 3.63) is 60.2 Å². The van der Waals surface area contributed by atoms with Crippen LogP contribution in [0.2, 0.25) is 0 Å². The Hall–Kier alpha value is -3.24. The maximum Gasteiger partial charge on any atom is 0.329 e. The topological polar surface area (TPSA) is 131 Å². The summed E-state index contributed by atoms with van der Waals surface area (Å²) in [6.45, 7) is 6.27. The number of sulfonamides is 1. The molecule has 2 aromatic rings. The predicted octanol–water partition coefficient (Wildman–Crippen LogP) is 2.06. The largest absolute Gasteiger partial charge is 0.451 e. The molecule has 0 fully saturated rings. The van der Waals surface area contributed by atoms with Crippen LogP contribution < -0.4 is 15.4 Å². The Morgan fingerprint density at radius 1 is 0.875 bits per heavy atom. The number of rotatable bonds is 9. The van der Waals surface area contributed by atoms with E-state index in [0.717, 1.165) is 0 Å². The highest BCUT2D eigenvalue weighted by molar-refractivity contribution is 7.89. The van der Waals surface area contributed by atoms with Gasteiger partial charge < -0.3 is 15.4 Å². The zero-order valence-electron chi connectivity index (χ0n) is 18.3. The zero-order chi connectivity index (χ0) is 23.9. The summed E-state index contributed by atoms with van der Waals surface area (Å²) in [7, 11) is -3.64. The van der Waals surface area contributed by atoms with Gasteiger partial charge in [-0.2, -0.15) is 0 Å². The van der Waals surface area contributed by atoms with Gasteiger partial charge in [-0.3, -0.25) is 9.59 Å². The molecule has 0 radical (unpaired) electrons. The molecule has 0 bridgehead atoms. The van der Waals surface area contributed by atoms with Crippen LogP contribution in [-0.4, -0.2) is 44.4 Å². The van der Waals surface area contributed by atoms with Gasteiger partial charge in [-0.25, -0.2) is 17.9 Å². The highest BCUT2D eigenvalue weighted by Gasteiger charge is 2.24. The Labute approximate surface area is 187 Å². The first-order valence-corrected chi connectivity index (χ1v) is 11.5. The minimum atomic E-state index is -3.64. The Bertz CT molecular complexity index is 1050. The van der Waals surface area contributed by atoms with Crippen LogP contribution in [0.3, 0.4) is 0 Å². The average molecular weight is 462 g/mol. The van der Waals surface area contributed by atoms with Crippen molar-refractivity contribution in [2.45, 2.75) is 50.8 Å². The molecule has 172 valence electrons. The molecule has 2 amide bonds. The average Bonchev–Trinajstić information content (AvgIpc) is 2.73. The standard InChI is InChI=1S/C22H27N3O6S/c1-14(2)25-32(29,30)19-12-10-18(11-13-19)24-20(26)16(4)31-22(28)15(3)23-21(27)17-8-6-5-7-9-17/h5-16,25H,1-4H3,(H,23,27)(H,24,26)/t15-,16?/m0/s1. The van der Waals surface area contributed by atoms with Crippen LogP contribution in [0.4, 0.5) is 5.69 Å². The summed E-state index contributed by atoms with van der Waals surface area (Å²) in [5.41, 5.74) is 0.735. The molecule has 0 saturated heterocycles. The second-order valence-electron chi connectivity index (χ2n) is 7.43. The number of amides is 2. The van der Waals surface area contributed by atoms with Gasteiger partial charge in [0.25, 0.3) is 11.8 Å². The number of benzene rings is 2. The van der Waals surface area contributed by atoms with Gasteiger partial charge in [0.1, 0.15) is 6.04 Å². The van der Waals surface area contributed by atoms with Gasteiger partial charge in [0.05, 0.1) is 4.90 Å². The molecule has 0 saturated carbocycles. The molecule has 0 aromatic heterocycles. The van der Waals surface area contributed by atoms with E-state index in [1.54, 1.807) is 44.2 Å². The lowest BCUT2D eigenvalue weighted by Gasteiger charge is -2.18. The maximum atomic E-state index is 12.3. The molecule has 2 aromatic carbocycles. The van der Waals surface area contributed by atoms with E-state index in [2.05, 4.69) is 15.4 Å². The van der Waals surface area contributed by atoms with Crippen molar-refractivity contribution in [3.63, 3.8) is 0 Å². The van der Waals surface area contributed by atoms with Gasteiger partial charge in [-0.1, -0.05) is 18.2 Å². The van der Waals surface area contributed by atoms with Crippen LogP contribution in [0.25, 0.3) is 0 Å². The van der Waals surface area contributed by atoms with E-state index in [1.165, 1.54) is 38.1 Å². The second-order valence-corrected chi connectivity index (χ2v) is 9.14. The van der Waals surface area contributed by atoms with E-state index in [0.29, 0.717) is 11.3 Å². The summed E-state index contributed by atoms with van der Waals surface area (Å²) < 4.78 is 31.9. The quantitative estimate of drug-likeness (QED) is 0.490. The third-order valence-corrected chi connectivity index (χ3v) is 5.90. The highest BCUT2D eigenvalue weighted by atomic mass is 32.2. The second kappa shape index (κ2) is 10.9. The molecule has 10 heteroatoms. The molecule has 0 aliphatic carbocycles. The lowest BCUT2D eigenvalue weighted by molar-refractivity contribution is -0.154. The zero-order valence-corrected chi connectivity index (χ0v) is 19.1. The van der Waals surface area contributed by atoms with Crippen LogP contribution in [-0.2, 0) is 24.3 Å². The van der Waals surface area contributed by atoms with Gasteiger partial charge in [-0.15, -0.1) is 0 Å². The van der Waals surface area contributed by atoms with Crippen LogP contribution in [0.15, 0.2) is 59.5 Å². The van der Waals surface area contributed by atoms with Crippen LogP contribution in [0, 0.1) is 0 Å². The summed E-state index contributed by atoms with van der Waals surface area (Å²) in [5.74, 6) is -1.80. The first-order chi connectivity index (χ1) is 15.0. The predicted molar refractivity (Wildman–Crippen MR) is 119 cm³/mol. The molecular weight excluding hydrogens is 434 g/mol. The lowest BCUT2D eigenvalue weighted by Crippen LogP contribution is -2.42. The molecule has 0 aliphatic heterocycles. The molecule has 32 heavy (non-hydrogen) atoms. The van der Waals surface area contributed by atoms with E-state index in [9.17, 15) is 22.8 Å². The van der Waals surface area contributed by atoms with Crippen molar-refractivity contribution in [2.75, 3.05) is 5.32 Å². The molecule has 0 spiro atoms. The summed E-state index contributed by atoms with van der Waals surface area (Å²) in [6.07, 6.45) is -1.13. The van der Waals surface area contributed by atoms with Crippen molar-refractivity contribution in [2.24, 2.45) is 0 Å². The number of carbonyl (C=O) groups is 3. The van der Waals surface area contributed by atoms with Gasteiger partial charge in [0.2, 0.25) is 10.0 Å². The van der Waals surface area contributed by atoms with Crippen LogP contribution in [0.1, 0.15) is 38.1 Å². The van der Waals surface area contributed by atoms with Crippen LogP contribution in [0.5, 0.6) is 0 Å². The molecule has 0 heterocycles. The monoisotopic (exact) mass is 461 g/mol. The van der Waals surface area contributed by atoms with Crippen molar-refractivity contribution in [1.29, 1.82) is 0 Å². The summed E-state index contributed by atoms with van der Waals surface area (Å²) in [5, 5.41) is 5.07. The molecule has 2 atom stereocenters. The fourth-order valence-corrected chi connectivity index (χ4v) is 3.85. The van der Waals surface area contributed by atoms with Gasteiger partial charge in [-0.05, 0) is 64.1 Å². The first-order valence-electron chi connectivity index (χ1n) is 9.99. The van der Waals surface area contributed by atoms with Gasteiger partial charge in [0.15, 0.2) is 6.10 Å². The summed E-state index contributed by atoms with van der Waals surface area (Å²) in [6, 6.07) is 12.8. The third-order valence-electron chi connectivity index (χ3n) is 4.22. The molecule has 9 nitrogen and oxygen atoms in total.